The minimum Gasteiger partial charge on any atom is -0.455 e. The predicted octanol–water partition coefficient (Wildman–Crippen LogP) is 2.87. The van der Waals surface area contributed by atoms with Crippen LogP contribution in [0.15, 0.2) is 48.5 Å². The molecule has 0 saturated carbocycles. The van der Waals surface area contributed by atoms with Crippen molar-refractivity contribution < 1.29 is 23.8 Å². The highest BCUT2D eigenvalue weighted by atomic mass is 16.7. The van der Waals surface area contributed by atoms with Crippen molar-refractivity contribution >= 4 is 17.6 Å². The van der Waals surface area contributed by atoms with Crippen LogP contribution in [0.4, 0.5) is 5.69 Å². The smallest absolute Gasteiger partial charge is 0.316 e. The van der Waals surface area contributed by atoms with Crippen LogP contribution in [0.3, 0.4) is 0 Å². The van der Waals surface area contributed by atoms with E-state index in [0.717, 1.165) is 5.56 Å². The first-order chi connectivity index (χ1) is 12.0. The van der Waals surface area contributed by atoms with Crippen molar-refractivity contribution in [3.8, 4) is 11.5 Å². The highest BCUT2D eigenvalue weighted by Gasteiger charge is 2.31. The third kappa shape index (κ3) is 3.74. The van der Waals surface area contributed by atoms with Crippen LogP contribution in [-0.2, 0) is 19.7 Å². The zero-order valence-corrected chi connectivity index (χ0v) is 14.1. The monoisotopic (exact) mass is 341 g/mol. The van der Waals surface area contributed by atoms with Gasteiger partial charge in [-0.3, -0.25) is 9.59 Å². The van der Waals surface area contributed by atoms with Crippen molar-refractivity contribution in [2.24, 2.45) is 0 Å². The van der Waals surface area contributed by atoms with Crippen LogP contribution in [0.1, 0.15) is 19.4 Å². The SMILES string of the molecule is CC(C)(C(=O)OCC(=O)Nc1ccc2c(c1)OCO2)c1ccccc1. The van der Waals surface area contributed by atoms with Crippen molar-refractivity contribution in [1.82, 2.24) is 0 Å². The van der Waals surface area contributed by atoms with Crippen LogP contribution in [0.2, 0.25) is 0 Å². The van der Waals surface area contributed by atoms with Gasteiger partial charge in [-0.15, -0.1) is 0 Å². The van der Waals surface area contributed by atoms with E-state index in [1.54, 1.807) is 32.0 Å². The van der Waals surface area contributed by atoms with Gasteiger partial charge in [0, 0.05) is 11.8 Å². The van der Waals surface area contributed by atoms with E-state index in [0.29, 0.717) is 17.2 Å². The fraction of sp³-hybridized carbons (Fsp3) is 0.263. The van der Waals surface area contributed by atoms with E-state index in [9.17, 15) is 9.59 Å². The van der Waals surface area contributed by atoms with Gasteiger partial charge in [0.15, 0.2) is 18.1 Å². The summed E-state index contributed by atoms with van der Waals surface area (Å²) in [7, 11) is 0. The van der Waals surface area contributed by atoms with E-state index in [4.69, 9.17) is 14.2 Å². The van der Waals surface area contributed by atoms with Crippen molar-refractivity contribution in [2.45, 2.75) is 19.3 Å². The molecule has 0 spiro atoms. The number of amides is 1. The van der Waals surface area contributed by atoms with E-state index in [-0.39, 0.29) is 13.4 Å². The van der Waals surface area contributed by atoms with Gasteiger partial charge in [-0.25, -0.2) is 0 Å². The van der Waals surface area contributed by atoms with E-state index in [1.165, 1.54) is 0 Å². The molecule has 0 saturated heterocycles. The average molecular weight is 341 g/mol. The summed E-state index contributed by atoms with van der Waals surface area (Å²) in [4.78, 5) is 24.4. The average Bonchev–Trinajstić information content (AvgIpc) is 3.08. The highest BCUT2D eigenvalue weighted by Crippen LogP contribution is 2.34. The maximum atomic E-state index is 12.3. The number of fused-ring (bicyclic) bond motifs is 1. The number of hydrogen-bond acceptors (Lipinski definition) is 5. The second-order valence-corrected chi connectivity index (χ2v) is 6.18. The first-order valence-electron chi connectivity index (χ1n) is 7.89. The third-order valence-electron chi connectivity index (χ3n) is 4.00. The summed E-state index contributed by atoms with van der Waals surface area (Å²) >= 11 is 0. The molecule has 6 nitrogen and oxygen atoms in total. The maximum Gasteiger partial charge on any atom is 0.316 e. The lowest BCUT2D eigenvalue weighted by molar-refractivity contribution is -0.152. The summed E-state index contributed by atoms with van der Waals surface area (Å²) in [5.41, 5.74) is 0.545. The normalized spacial score (nSPS) is 12.6. The Labute approximate surface area is 145 Å². The first-order valence-corrected chi connectivity index (χ1v) is 7.89. The summed E-state index contributed by atoms with van der Waals surface area (Å²) in [5, 5.41) is 2.67. The van der Waals surface area contributed by atoms with Crippen molar-refractivity contribution in [1.29, 1.82) is 0 Å². The summed E-state index contributed by atoms with van der Waals surface area (Å²) in [5.74, 6) is 0.324. The summed E-state index contributed by atoms with van der Waals surface area (Å²) in [6, 6.07) is 14.4. The molecule has 25 heavy (non-hydrogen) atoms. The predicted molar refractivity (Wildman–Crippen MR) is 91.6 cm³/mol. The zero-order chi connectivity index (χ0) is 17.9. The molecule has 2 aromatic rings. The molecule has 1 aliphatic heterocycles. The first kappa shape index (κ1) is 16.8. The highest BCUT2D eigenvalue weighted by molar-refractivity contribution is 5.94. The Bertz CT molecular complexity index is 786. The van der Waals surface area contributed by atoms with Gasteiger partial charge in [0.1, 0.15) is 0 Å². The molecule has 3 rings (SSSR count). The van der Waals surface area contributed by atoms with E-state index in [2.05, 4.69) is 5.32 Å². The molecular formula is C19H19NO5. The molecule has 1 heterocycles. The molecule has 0 aromatic heterocycles. The van der Waals surface area contributed by atoms with Crippen molar-refractivity contribution in [2.75, 3.05) is 18.7 Å². The summed E-state index contributed by atoms with van der Waals surface area (Å²) < 4.78 is 15.6. The van der Waals surface area contributed by atoms with Gasteiger partial charge in [0.2, 0.25) is 6.79 Å². The van der Waals surface area contributed by atoms with E-state index >= 15 is 0 Å². The van der Waals surface area contributed by atoms with Crippen molar-refractivity contribution in [3.05, 3.63) is 54.1 Å². The molecule has 1 N–H and O–H groups in total. The zero-order valence-electron chi connectivity index (χ0n) is 14.1. The number of rotatable bonds is 5. The third-order valence-corrected chi connectivity index (χ3v) is 4.00. The summed E-state index contributed by atoms with van der Waals surface area (Å²) in [6.07, 6.45) is 0. The Balaban J connectivity index is 1.56. The number of carbonyl (C=O) groups excluding carboxylic acids is 2. The standard InChI is InChI=1S/C19H19NO5/c1-19(2,13-6-4-3-5-7-13)18(22)23-11-17(21)20-14-8-9-15-16(10-14)25-12-24-15/h3-10H,11-12H2,1-2H3,(H,20,21). The van der Waals surface area contributed by atoms with Crippen LogP contribution < -0.4 is 14.8 Å². The molecule has 130 valence electrons. The summed E-state index contributed by atoms with van der Waals surface area (Å²) in [6.45, 7) is 3.34. The Kier molecular flexibility index (Phi) is 4.61. The van der Waals surface area contributed by atoms with Crippen LogP contribution in [0, 0.1) is 0 Å². The lowest BCUT2D eigenvalue weighted by Gasteiger charge is -2.22. The van der Waals surface area contributed by atoms with Gasteiger partial charge < -0.3 is 19.5 Å². The fourth-order valence-electron chi connectivity index (χ4n) is 2.46. The Hall–Kier alpha value is -3.02. The molecule has 0 radical (unpaired) electrons. The minimum absolute atomic E-state index is 0.166. The number of ether oxygens (including phenoxy) is 3. The quantitative estimate of drug-likeness (QED) is 0.847. The number of anilines is 1. The lowest BCUT2D eigenvalue weighted by atomic mass is 9.85. The largest absolute Gasteiger partial charge is 0.455 e. The van der Waals surface area contributed by atoms with E-state index < -0.39 is 17.3 Å². The lowest BCUT2D eigenvalue weighted by Crippen LogP contribution is -2.33. The molecule has 0 aliphatic carbocycles. The molecule has 6 heteroatoms. The van der Waals surface area contributed by atoms with E-state index in [1.807, 2.05) is 30.3 Å². The topological polar surface area (TPSA) is 73.9 Å². The van der Waals surface area contributed by atoms with Crippen LogP contribution >= 0.6 is 0 Å². The van der Waals surface area contributed by atoms with Crippen molar-refractivity contribution in [3.63, 3.8) is 0 Å². The molecule has 0 bridgehead atoms. The van der Waals surface area contributed by atoms with Gasteiger partial charge in [-0.1, -0.05) is 30.3 Å². The Morgan fingerprint density at radius 1 is 1.08 bits per heavy atom. The number of benzene rings is 2. The second kappa shape index (κ2) is 6.84. The number of esters is 1. The number of hydrogen-bond donors (Lipinski definition) is 1. The van der Waals surface area contributed by atoms with Gasteiger partial charge in [-0.2, -0.15) is 0 Å². The maximum absolute atomic E-state index is 12.3. The molecular weight excluding hydrogens is 322 g/mol. The molecule has 0 fully saturated rings. The molecule has 2 aromatic carbocycles. The van der Waals surface area contributed by atoms with Crippen LogP contribution in [0.5, 0.6) is 11.5 Å². The van der Waals surface area contributed by atoms with Crippen LogP contribution in [0.25, 0.3) is 0 Å². The van der Waals surface area contributed by atoms with Gasteiger partial charge in [0.25, 0.3) is 5.91 Å². The minimum atomic E-state index is -0.833. The molecule has 1 amide bonds. The van der Waals surface area contributed by atoms with Gasteiger partial charge in [0.05, 0.1) is 5.41 Å². The van der Waals surface area contributed by atoms with Crippen LogP contribution in [-0.4, -0.2) is 25.3 Å². The fourth-order valence-corrected chi connectivity index (χ4v) is 2.46. The number of carbonyl (C=O) groups is 2. The second-order valence-electron chi connectivity index (χ2n) is 6.18. The number of nitrogens with one attached hydrogen (secondary N) is 1. The van der Waals surface area contributed by atoms with Gasteiger partial charge in [-0.05, 0) is 31.5 Å². The Morgan fingerprint density at radius 3 is 2.56 bits per heavy atom. The molecule has 1 aliphatic rings. The Morgan fingerprint density at radius 2 is 1.80 bits per heavy atom. The molecule has 0 unspecified atom stereocenters. The molecule has 0 atom stereocenters. The van der Waals surface area contributed by atoms with Gasteiger partial charge >= 0.3 is 5.97 Å².